The second-order valence-electron chi connectivity index (χ2n) is 5.21. The molecule has 1 aliphatic rings. The van der Waals surface area contributed by atoms with Crippen molar-refractivity contribution in [2.75, 3.05) is 13.1 Å². The average Bonchev–Trinajstić information content (AvgIpc) is 2.25. The number of likely N-dealkylation sites (tertiary alicyclic amines) is 1. The molecule has 0 aromatic rings. The molecule has 0 amide bonds. The second kappa shape index (κ2) is 6.49. The lowest BCUT2D eigenvalue weighted by atomic mass is 9.94. The van der Waals surface area contributed by atoms with E-state index in [9.17, 15) is 0 Å². The summed E-state index contributed by atoms with van der Waals surface area (Å²) in [7, 11) is 0. The van der Waals surface area contributed by atoms with Crippen molar-refractivity contribution in [3.8, 4) is 0 Å². The van der Waals surface area contributed by atoms with Crippen LogP contribution < -0.4 is 5.73 Å². The van der Waals surface area contributed by atoms with Crippen molar-refractivity contribution in [2.24, 2.45) is 11.7 Å². The molecule has 2 heteroatoms. The fourth-order valence-electron chi connectivity index (χ4n) is 2.58. The van der Waals surface area contributed by atoms with Crippen molar-refractivity contribution in [3.05, 3.63) is 0 Å². The maximum Gasteiger partial charge on any atom is 0.0168 e. The molecule has 3 unspecified atom stereocenters. The van der Waals surface area contributed by atoms with Gasteiger partial charge in [0.15, 0.2) is 0 Å². The van der Waals surface area contributed by atoms with Crippen molar-refractivity contribution in [1.82, 2.24) is 4.90 Å². The van der Waals surface area contributed by atoms with E-state index in [1.165, 1.54) is 38.6 Å². The van der Waals surface area contributed by atoms with E-state index < -0.39 is 0 Å². The second-order valence-corrected chi connectivity index (χ2v) is 5.21. The summed E-state index contributed by atoms with van der Waals surface area (Å²) < 4.78 is 0. The Balaban J connectivity index is 2.42. The molecule has 1 saturated heterocycles. The highest BCUT2D eigenvalue weighted by Gasteiger charge is 2.23. The Morgan fingerprint density at radius 2 is 2.07 bits per heavy atom. The van der Waals surface area contributed by atoms with Gasteiger partial charge in [-0.05, 0) is 38.1 Å². The number of hydrogen-bond donors (Lipinski definition) is 1. The summed E-state index contributed by atoms with van der Waals surface area (Å²) in [6, 6.07) is 1.19. The van der Waals surface area contributed by atoms with Crippen LogP contribution in [0.25, 0.3) is 0 Å². The zero-order valence-electron chi connectivity index (χ0n) is 10.7. The van der Waals surface area contributed by atoms with Crippen LogP contribution in [0.5, 0.6) is 0 Å². The Labute approximate surface area is 95.2 Å². The largest absolute Gasteiger partial charge is 0.327 e. The molecule has 0 aliphatic carbocycles. The molecule has 1 rings (SSSR count). The molecule has 3 atom stereocenters. The first kappa shape index (κ1) is 13.0. The third-order valence-electron chi connectivity index (χ3n) is 3.85. The Hall–Kier alpha value is -0.0800. The van der Waals surface area contributed by atoms with Gasteiger partial charge in [-0.25, -0.2) is 0 Å². The van der Waals surface area contributed by atoms with Crippen LogP contribution in [0.4, 0.5) is 0 Å². The van der Waals surface area contributed by atoms with E-state index >= 15 is 0 Å². The number of hydrogen-bond acceptors (Lipinski definition) is 2. The molecule has 0 bridgehead atoms. The summed E-state index contributed by atoms with van der Waals surface area (Å²) in [6.07, 6.45) is 6.43. The molecule has 0 spiro atoms. The topological polar surface area (TPSA) is 29.3 Å². The van der Waals surface area contributed by atoms with Crippen LogP contribution in [0.15, 0.2) is 0 Å². The van der Waals surface area contributed by atoms with Gasteiger partial charge in [0.25, 0.3) is 0 Å². The summed E-state index contributed by atoms with van der Waals surface area (Å²) in [5.41, 5.74) is 6.04. The van der Waals surface area contributed by atoms with Gasteiger partial charge in [-0.1, -0.05) is 27.2 Å². The molecule has 15 heavy (non-hydrogen) atoms. The summed E-state index contributed by atoms with van der Waals surface area (Å²) in [4.78, 5) is 2.63. The lowest BCUT2D eigenvalue weighted by Crippen LogP contribution is -2.47. The van der Waals surface area contributed by atoms with Crippen LogP contribution in [-0.4, -0.2) is 30.1 Å². The van der Waals surface area contributed by atoms with Crippen molar-refractivity contribution in [1.29, 1.82) is 0 Å². The molecule has 90 valence electrons. The van der Waals surface area contributed by atoms with E-state index in [2.05, 4.69) is 25.7 Å². The van der Waals surface area contributed by atoms with Gasteiger partial charge in [-0.2, -0.15) is 0 Å². The van der Waals surface area contributed by atoms with E-state index in [1.807, 2.05) is 0 Å². The van der Waals surface area contributed by atoms with Gasteiger partial charge in [0.2, 0.25) is 0 Å². The van der Waals surface area contributed by atoms with Crippen molar-refractivity contribution >= 4 is 0 Å². The summed E-state index contributed by atoms with van der Waals surface area (Å²) in [5.74, 6) is 0.855. The Morgan fingerprint density at radius 3 is 2.60 bits per heavy atom. The Morgan fingerprint density at radius 1 is 1.33 bits per heavy atom. The fraction of sp³-hybridized carbons (Fsp3) is 1.00. The van der Waals surface area contributed by atoms with Crippen LogP contribution >= 0.6 is 0 Å². The molecular weight excluding hydrogens is 184 g/mol. The van der Waals surface area contributed by atoms with E-state index in [4.69, 9.17) is 5.73 Å². The molecule has 2 N–H and O–H groups in total. The molecule has 0 saturated carbocycles. The van der Waals surface area contributed by atoms with E-state index in [0.29, 0.717) is 6.04 Å². The summed E-state index contributed by atoms with van der Waals surface area (Å²) >= 11 is 0. The first-order valence-electron chi connectivity index (χ1n) is 6.67. The van der Waals surface area contributed by atoms with Gasteiger partial charge < -0.3 is 5.73 Å². The molecule has 2 nitrogen and oxygen atoms in total. The van der Waals surface area contributed by atoms with Crippen LogP contribution in [0, 0.1) is 5.92 Å². The zero-order chi connectivity index (χ0) is 11.3. The highest BCUT2D eigenvalue weighted by molar-refractivity contribution is 4.81. The predicted molar refractivity (Wildman–Crippen MR) is 66.9 cm³/mol. The molecule has 1 fully saturated rings. The minimum Gasteiger partial charge on any atom is -0.327 e. The number of piperidine rings is 1. The highest BCUT2D eigenvalue weighted by atomic mass is 15.2. The van der Waals surface area contributed by atoms with Crippen molar-refractivity contribution in [3.63, 3.8) is 0 Å². The maximum absolute atomic E-state index is 6.04. The van der Waals surface area contributed by atoms with Gasteiger partial charge >= 0.3 is 0 Å². The smallest absolute Gasteiger partial charge is 0.0168 e. The average molecular weight is 212 g/mol. The normalized spacial score (nSPS) is 27.6. The van der Waals surface area contributed by atoms with Gasteiger partial charge in [-0.3, -0.25) is 4.90 Å². The van der Waals surface area contributed by atoms with Gasteiger partial charge in [0, 0.05) is 18.6 Å². The van der Waals surface area contributed by atoms with Crippen LogP contribution in [-0.2, 0) is 0 Å². The minimum absolute atomic E-state index is 0.421. The Bertz CT molecular complexity index is 170. The minimum atomic E-state index is 0.421. The van der Waals surface area contributed by atoms with Gasteiger partial charge in [-0.15, -0.1) is 0 Å². The monoisotopic (exact) mass is 212 g/mol. The first-order chi connectivity index (χ1) is 7.17. The standard InChI is InChI=1S/C13H28N2/c1-4-11(3)9-13(5-2)15-8-6-7-12(14)10-15/h11-13H,4-10,14H2,1-3H3. The van der Waals surface area contributed by atoms with Crippen LogP contribution in [0.2, 0.25) is 0 Å². The third-order valence-corrected chi connectivity index (χ3v) is 3.85. The van der Waals surface area contributed by atoms with Crippen LogP contribution in [0.3, 0.4) is 0 Å². The third kappa shape index (κ3) is 4.12. The zero-order valence-corrected chi connectivity index (χ0v) is 10.7. The SMILES string of the molecule is CCC(C)CC(CC)N1CCCC(N)C1. The highest BCUT2D eigenvalue weighted by Crippen LogP contribution is 2.20. The Kier molecular flexibility index (Phi) is 5.62. The maximum atomic E-state index is 6.04. The molecular formula is C13H28N2. The lowest BCUT2D eigenvalue weighted by molar-refractivity contribution is 0.126. The summed E-state index contributed by atoms with van der Waals surface area (Å²) in [5, 5.41) is 0. The number of rotatable bonds is 5. The van der Waals surface area contributed by atoms with Crippen LogP contribution in [0.1, 0.15) is 52.9 Å². The number of nitrogens with two attached hydrogens (primary N) is 1. The van der Waals surface area contributed by atoms with Gasteiger partial charge in [0.05, 0.1) is 0 Å². The fourth-order valence-corrected chi connectivity index (χ4v) is 2.58. The van der Waals surface area contributed by atoms with E-state index in [0.717, 1.165) is 18.5 Å². The van der Waals surface area contributed by atoms with Gasteiger partial charge in [0.1, 0.15) is 0 Å². The number of nitrogens with zero attached hydrogens (tertiary/aromatic N) is 1. The predicted octanol–water partition coefficient (Wildman–Crippen LogP) is 2.62. The summed E-state index contributed by atoms with van der Waals surface area (Å²) in [6.45, 7) is 9.36. The first-order valence-corrected chi connectivity index (χ1v) is 6.67. The molecule has 1 aliphatic heterocycles. The molecule has 1 heterocycles. The molecule has 0 aromatic heterocycles. The van der Waals surface area contributed by atoms with E-state index in [1.54, 1.807) is 0 Å². The molecule has 0 radical (unpaired) electrons. The lowest BCUT2D eigenvalue weighted by Gasteiger charge is -2.37. The quantitative estimate of drug-likeness (QED) is 0.759. The van der Waals surface area contributed by atoms with Crippen molar-refractivity contribution < 1.29 is 0 Å². The van der Waals surface area contributed by atoms with Crippen molar-refractivity contribution in [2.45, 2.75) is 65.0 Å². The molecule has 0 aromatic carbocycles. The van der Waals surface area contributed by atoms with E-state index in [-0.39, 0.29) is 0 Å².